The minimum absolute atomic E-state index is 0.610. The highest BCUT2D eigenvalue weighted by Gasteiger charge is 2.29. The lowest BCUT2D eigenvalue weighted by Gasteiger charge is -2.05. The fourth-order valence-electron chi connectivity index (χ4n) is 0.976. The highest BCUT2D eigenvalue weighted by atomic mass is 19.4. The monoisotopic (exact) mass is 216 g/mol. The van der Waals surface area contributed by atoms with Crippen LogP contribution in [-0.4, -0.2) is 0 Å². The van der Waals surface area contributed by atoms with Gasteiger partial charge in [-0.05, 0) is 24.6 Å². The van der Waals surface area contributed by atoms with Gasteiger partial charge in [-0.2, -0.15) is 13.2 Å². The smallest absolute Gasteiger partial charge is 0.166 e. The molecule has 1 aromatic rings. The van der Waals surface area contributed by atoms with Crippen molar-refractivity contribution < 1.29 is 13.2 Å². The molecule has 0 saturated heterocycles. The summed E-state index contributed by atoms with van der Waals surface area (Å²) in [5.74, 6) is 0. The summed E-state index contributed by atoms with van der Waals surface area (Å²) in [7, 11) is 0. The fourth-order valence-corrected chi connectivity index (χ4v) is 0.976. The van der Waals surface area contributed by atoms with Gasteiger partial charge < -0.3 is 0 Å². The molecule has 0 heterocycles. The van der Waals surface area contributed by atoms with E-state index in [1.54, 1.807) is 12.2 Å². The van der Waals surface area contributed by atoms with Crippen LogP contribution < -0.4 is 0 Å². The summed E-state index contributed by atoms with van der Waals surface area (Å²) in [4.78, 5) is 0. The molecule has 0 fully saturated rings. The molecule has 0 nitrogen and oxygen atoms in total. The van der Waals surface area contributed by atoms with E-state index in [2.05, 4.69) is 0 Å². The number of halogens is 3. The number of alkyl halides is 3. The first kappa shape index (κ1) is 13.8. The Morgan fingerprint density at radius 3 is 1.80 bits per heavy atom. The van der Waals surface area contributed by atoms with Crippen molar-refractivity contribution >= 4 is 6.08 Å². The summed E-state index contributed by atoms with van der Waals surface area (Å²) in [6.45, 7) is 5.82. The molecule has 1 aromatic carbocycles. The molecule has 15 heavy (non-hydrogen) atoms. The van der Waals surface area contributed by atoms with Gasteiger partial charge in [-0.25, -0.2) is 0 Å². The second-order valence-electron chi connectivity index (χ2n) is 2.62. The van der Waals surface area contributed by atoms with E-state index in [1.807, 2.05) is 20.8 Å². The van der Waals surface area contributed by atoms with Crippen molar-refractivity contribution in [2.24, 2.45) is 0 Å². The largest absolute Gasteiger partial charge is 0.416 e. The summed E-state index contributed by atoms with van der Waals surface area (Å²) in [6, 6.07) is 5.05. The molecule has 0 aliphatic heterocycles. The molecule has 3 heteroatoms. The van der Waals surface area contributed by atoms with E-state index in [-0.39, 0.29) is 0 Å². The normalized spacial score (nSPS) is 11.1. The number of benzene rings is 1. The van der Waals surface area contributed by atoms with Crippen molar-refractivity contribution in [2.75, 3.05) is 0 Å². The van der Waals surface area contributed by atoms with E-state index >= 15 is 0 Å². The Kier molecular flexibility index (Phi) is 5.75. The molecule has 1 rings (SSSR count). The summed E-state index contributed by atoms with van der Waals surface area (Å²) < 4.78 is 36.3. The van der Waals surface area contributed by atoms with E-state index < -0.39 is 11.7 Å². The Morgan fingerprint density at radius 2 is 1.47 bits per heavy atom. The Morgan fingerprint density at radius 1 is 1.00 bits per heavy atom. The van der Waals surface area contributed by atoms with E-state index in [0.717, 1.165) is 17.7 Å². The highest BCUT2D eigenvalue weighted by molar-refractivity contribution is 5.49. The quantitative estimate of drug-likeness (QED) is 0.634. The first-order valence-corrected chi connectivity index (χ1v) is 4.84. The van der Waals surface area contributed by atoms with Crippen molar-refractivity contribution in [1.82, 2.24) is 0 Å². The standard InChI is InChI=1S/C10H9F3.C2H6/c1-2-3-8-4-6-9(7-5-8)10(11,12)13;1-2/h2-7H,1H3;1-2H3/b3-2+;. The van der Waals surface area contributed by atoms with Crippen LogP contribution in [0.3, 0.4) is 0 Å². The molecule has 0 aliphatic carbocycles. The fraction of sp³-hybridized carbons (Fsp3) is 0.333. The number of hydrogen-bond donors (Lipinski definition) is 0. The number of rotatable bonds is 1. The molecule has 0 amide bonds. The Bertz CT molecular complexity index is 294. The molecule has 0 atom stereocenters. The molecule has 0 saturated carbocycles. The third-order valence-electron chi connectivity index (χ3n) is 1.60. The van der Waals surface area contributed by atoms with Gasteiger partial charge in [0, 0.05) is 0 Å². The predicted octanol–water partition coefficient (Wildman–Crippen LogP) is 4.76. The first-order valence-electron chi connectivity index (χ1n) is 4.84. The minimum Gasteiger partial charge on any atom is -0.166 e. The molecule has 0 aliphatic rings. The first-order chi connectivity index (χ1) is 7.04. The average Bonchev–Trinajstić information content (AvgIpc) is 2.21. The van der Waals surface area contributed by atoms with Gasteiger partial charge in [-0.3, -0.25) is 0 Å². The van der Waals surface area contributed by atoms with Gasteiger partial charge in [0.1, 0.15) is 0 Å². The second kappa shape index (κ2) is 6.27. The van der Waals surface area contributed by atoms with Crippen LogP contribution in [0.1, 0.15) is 31.9 Å². The summed E-state index contributed by atoms with van der Waals surface area (Å²) in [6.07, 6.45) is -0.711. The number of allylic oxidation sites excluding steroid dienone is 1. The molecular weight excluding hydrogens is 201 g/mol. The maximum Gasteiger partial charge on any atom is 0.416 e. The predicted molar refractivity (Wildman–Crippen MR) is 57.5 cm³/mol. The van der Waals surface area contributed by atoms with E-state index in [9.17, 15) is 13.2 Å². The summed E-state index contributed by atoms with van der Waals surface area (Å²) >= 11 is 0. The van der Waals surface area contributed by atoms with E-state index in [1.165, 1.54) is 12.1 Å². The van der Waals surface area contributed by atoms with Gasteiger partial charge in [-0.15, -0.1) is 0 Å². The SMILES string of the molecule is C/C=C/c1ccc(C(F)(F)F)cc1.CC. The molecule has 0 N–H and O–H groups in total. The van der Waals surface area contributed by atoms with Crippen LogP contribution >= 0.6 is 0 Å². The third kappa shape index (κ3) is 4.68. The zero-order valence-corrected chi connectivity index (χ0v) is 9.10. The number of hydrogen-bond acceptors (Lipinski definition) is 0. The van der Waals surface area contributed by atoms with Crippen LogP contribution in [0.4, 0.5) is 13.2 Å². The van der Waals surface area contributed by atoms with Crippen molar-refractivity contribution in [3.63, 3.8) is 0 Å². The molecular formula is C12H15F3. The summed E-state index contributed by atoms with van der Waals surface area (Å²) in [5.41, 5.74) is 0.163. The van der Waals surface area contributed by atoms with Gasteiger partial charge in [0.2, 0.25) is 0 Å². The zero-order valence-electron chi connectivity index (χ0n) is 9.10. The van der Waals surface area contributed by atoms with Crippen LogP contribution in [0, 0.1) is 0 Å². The van der Waals surface area contributed by atoms with Gasteiger partial charge in [0.25, 0.3) is 0 Å². The van der Waals surface area contributed by atoms with Crippen molar-refractivity contribution in [2.45, 2.75) is 26.9 Å². The Hall–Kier alpha value is -1.25. The van der Waals surface area contributed by atoms with Gasteiger partial charge in [0.05, 0.1) is 5.56 Å². The topological polar surface area (TPSA) is 0 Å². The van der Waals surface area contributed by atoms with Crippen LogP contribution in [0.2, 0.25) is 0 Å². The van der Waals surface area contributed by atoms with Crippen molar-refractivity contribution in [3.8, 4) is 0 Å². The van der Waals surface area contributed by atoms with Gasteiger partial charge in [0.15, 0.2) is 0 Å². The zero-order chi connectivity index (χ0) is 11.9. The molecule has 84 valence electrons. The molecule has 0 bridgehead atoms. The molecule has 0 aromatic heterocycles. The summed E-state index contributed by atoms with van der Waals surface area (Å²) in [5, 5.41) is 0. The highest BCUT2D eigenvalue weighted by Crippen LogP contribution is 2.29. The maximum atomic E-state index is 12.1. The molecule has 0 unspecified atom stereocenters. The van der Waals surface area contributed by atoms with Crippen LogP contribution in [0.15, 0.2) is 30.3 Å². The Balaban J connectivity index is 0.000000921. The van der Waals surface area contributed by atoms with Crippen LogP contribution in [0.5, 0.6) is 0 Å². The second-order valence-corrected chi connectivity index (χ2v) is 2.62. The lowest BCUT2D eigenvalue weighted by Crippen LogP contribution is -2.03. The lowest BCUT2D eigenvalue weighted by atomic mass is 10.1. The molecule has 0 spiro atoms. The van der Waals surface area contributed by atoms with E-state index in [0.29, 0.717) is 0 Å². The molecule has 0 radical (unpaired) electrons. The lowest BCUT2D eigenvalue weighted by molar-refractivity contribution is -0.137. The van der Waals surface area contributed by atoms with Crippen molar-refractivity contribution in [1.29, 1.82) is 0 Å². The third-order valence-corrected chi connectivity index (χ3v) is 1.60. The van der Waals surface area contributed by atoms with E-state index in [4.69, 9.17) is 0 Å². The van der Waals surface area contributed by atoms with Crippen LogP contribution in [0.25, 0.3) is 6.08 Å². The Labute approximate surface area is 88.4 Å². The maximum absolute atomic E-state index is 12.1. The van der Waals surface area contributed by atoms with Gasteiger partial charge in [-0.1, -0.05) is 38.1 Å². The van der Waals surface area contributed by atoms with Crippen molar-refractivity contribution in [3.05, 3.63) is 41.5 Å². The minimum atomic E-state index is -4.24. The van der Waals surface area contributed by atoms with Crippen LogP contribution in [-0.2, 0) is 6.18 Å². The van der Waals surface area contributed by atoms with Gasteiger partial charge >= 0.3 is 6.18 Å². The average molecular weight is 216 g/mol.